The van der Waals surface area contributed by atoms with E-state index in [9.17, 15) is 18.0 Å². The molecule has 0 saturated carbocycles. The highest BCUT2D eigenvalue weighted by atomic mass is 19.4. The predicted octanol–water partition coefficient (Wildman–Crippen LogP) is 2.75. The summed E-state index contributed by atoms with van der Waals surface area (Å²) in [6.07, 6.45) is -2.55. The number of imidazole rings is 1. The van der Waals surface area contributed by atoms with Crippen LogP contribution in [0.5, 0.6) is 0 Å². The van der Waals surface area contributed by atoms with E-state index in [1.165, 1.54) is 10.9 Å². The Morgan fingerprint density at radius 2 is 1.89 bits per heavy atom. The van der Waals surface area contributed by atoms with Gasteiger partial charge in [0.1, 0.15) is 11.3 Å². The third-order valence-electron chi connectivity index (χ3n) is 4.04. The maximum atomic E-state index is 12.8. The highest BCUT2D eigenvalue weighted by molar-refractivity contribution is 5.68. The summed E-state index contributed by atoms with van der Waals surface area (Å²) in [4.78, 5) is 24.9. The lowest BCUT2D eigenvalue weighted by molar-refractivity contribution is -0.141. The Balaban J connectivity index is 1.58. The van der Waals surface area contributed by atoms with E-state index in [4.69, 9.17) is 0 Å². The van der Waals surface area contributed by atoms with E-state index in [0.717, 1.165) is 11.6 Å². The van der Waals surface area contributed by atoms with E-state index < -0.39 is 11.9 Å². The molecule has 0 aliphatic rings. The molecular weight excluding hydrogens is 361 g/mol. The third-order valence-corrected chi connectivity index (χ3v) is 4.04. The molecule has 3 heterocycles. The first-order chi connectivity index (χ1) is 12.8. The highest BCUT2D eigenvalue weighted by Crippen LogP contribution is 2.29. The van der Waals surface area contributed by atoms with Gasteiger partial charge in [-0.25, -0.2) is 19.4 Å². The number of fused-ring (bicyclic) bond motifs is 1. The number of aryl methyl sites for hydroxylation is 1. The SMILES string of the molecule is Cc1cc(C(F)(F)F)nn1-c1ccc(Cc2ncc3[nH]c(=O)[nH]c3n2)cc1. The van der Waals surface area contributed by atoms with Crippen LogP contribution in [0.3, 0.4) is 0 Å². The van der Waals surface area contributed by atoms with Crippen LogP contribution in [-0.4, -0.2) is 29.7 Å². The number of hydrogen-bond donors (Lipinski definition) is 2. The first kappa shape index (κ1) is 17.0. The van der Waals surface area contributed by atoms with Crippen molar-refractivity contribution in [2.75, 3.05) is 0 Å². The molecular formula is C17H13F3N6O. The first-order valence-electron chi connectivity index (χ1n) is 7.97. The van der Waals surface area contributed by atoms with Crippen molar-refractivity contribution >= 4 is 11.2 Å². The molecule has 0 saturated heterocycles. The van der Waals surface area contributed by atoms with E-state index in [0.29, 0.717) is 34.8 Å². The highest BCUT2D eigenvalue weighted by Gasteiger charge is 2.34. The summed E-state index contributed by atoms with van der Waals surface area (Å²) in [5, 5.41) is 3.63. The van der Waals surface area contributed by atoms with Crippen molar-refractivity contribution < 1.29 is 13.2 Å². The molecule has 0 aliphatic carbocycles. The number of nitrogens with one attached hydrogen (secondary N) is 2. The number of nitrogens with zero attached hydrogens (tertiary/aromatic N) is 4. The van der Waals surface area contributed by atoms with Crippen molar-refractivity contribution in [2.24, 2.45) is 0 Å². The molecule has 3 aromatic heterocycles. The van der Waals surface area contributed by atoms with Gasteiger partial charge in [-0.2, -0.15) is 18.3 Å². The predicted molar refractivity (Wildman–Crippen MR) is 90.6 cm³/mol. The normalized spacial score (nSPS) is 12.0. The van der Waals surface area contributed by atoms with Crippen molar-refractivity contribution in [3.8, 4) is 5.69 Å². The molecule has 0 radical (unpaired) electrons. The number of aromatic nitrogens is 6. The second kappa shape index (κ2) is 6.08. The molecule has 0 spiro atoms. The number of hydrogen-bond acceptors (Lipinski definition) is 4. The fourth-order valence-electron chi connectivity index (χ4n) is 2.76. The van der Waals surface area contributed by atoms with Crippen molar-refractivity contribution in [3.63, 3.8) is 0 Å². The van der Waals surface area contributed by atoms with Crippen LogP contribution in [0.15, 0.2) is 41.3 Å². The molecule has 4 aromatic rings. The smallest absolute Gasteiger partial charge is 0.303 e. The lowest BCUT2D eigenvalue weighted by Gasteiger charge is -2.06. The number of aromatic amines is 2. The minimum Gasteiger partial charge on any atom is -0.303 e. The number of halogens is 3. The van der Waals surface area contributed by atoms with Gasteiger partial charge in [-0.1, -0.05) is 12.1 Å². The number of rotatable bonds is 3. The first-order valence-corrected chi connectivity index (χ1v) is 7.97. The molecule has 0 amide bonds. The summed E-state index contributed by atoms with van der Waals surface area (Å²) in [6.45, 7) is 1.57. The second-order valence-corrected chi connectivity index (χ2v) is 6.05. The lowest BCUT2D eigenvalue weighted by atomic mass is 10.1. The van der Waals surface area contributed by atoms with E-state index >= 15 is 0 Å². The van der Waals surface area contributed by atoms with Gasteiger partial charge in [0, 0.05) is 12.1 Å². The van der Waals surface area contributed by atoms with Crippen LogP contribution in [0.25, 0.3) is 16.9 Å². The molecule has 0 fully saturated rings. The molecule has 1 aromatic carbocycles. The standard InChI is InChI=1S/C17H13F3N6O/c1-9-6-13(17(18,19)20)25-26(9)11-4-2-10(3-5-11)7-14-21-8-12-15(23-14)24-16(27)22-12/h2-6,8H,7H2,1H3,(H2,21,22,23,24,27). The summed E-state index contributed by atoms with van der Waals surface area (Å²) in [6, 6.07) is 7.93. The van der Waals surface area contributed by atoms with E-state index in [1.54, 1.807) is 31.2 Å². The van der Waals surface area contributed by atoms with Crippen LogP contribution in [0.4, 0.5) is 13.2 Å². The summed E-state index contributed by atoms with van der Waals surface area (Å²) in [5.41, 5.74) is 1.46. The van der Waals surface area contributed by atoms with Crippen LogP contribution in [0.1, 0.15) is 22.8 Å². The fourth-order valence-corrected chi connectivity index (χ4v) is 2.76. The van der Waals surface area contributed by atoms with Crippen molar-refractivity contribution in [1.29, 1.82) is 0 Å². The Labute approximate surface area is 149 Å². The Bertz CT molecular complexity index is 1170. The van der Waals surface area contributed by atoms with E-state index in [1.807, 2.05) is 0 Å². The minimum atomic E-state index is -4.48. The largest absolute Gasteiger partial charge is 0.435 e. The minimum absolute atomic E-state index is 0.353. The zero-order valence-corrected chi connectivity index (χ0v) is 14.0. The van der Waals surface area contributed by atoms with Gasteiger partial charge in [-0.3, -0.25) is 4.98 Å². The van der Waals surface area contributed by atoms with Crippen LogP contribution in [0, 0.1) is 6.92 Å². The maximum Gasteiger partial charge on any atom is 0.435 e. The molecule has 2 N–H and O–H groups in total. The van der Waals surface area contributed by atoms with Crippen LogP contribution < -0.4 is 5.69 Å². The van der Waals surface area contributed by atoms with Crippen LogP contribution >= 0.6 is 0 Å². The number of alkyl halides is 3. The Morgan fingerprint density at radius 1 is 1.15 bits per heavy atom. The topological polar surface area (TPSA) is 92.2 Å². The van der Waals surface area contributed by atoms with Crippen molar-refractivity contribution in [1.82, 2.24) is 29.7 Å². The Hall–Kier alpha value is -3.43. The van der Waals surface area contributed by atoms with E-state index in [2.05, 4.69) is 25.0 Å². The van der Waals surface area contributed by atoms with Crippen LogP contribution in [-0.2, 0) is 12.6 Å². The average Bonchev–Trinajstić information content (AvgIpc) is 3.17. The second-order valence-electron chi connectivity index (χ2n) is 6.05. The summed E-state index contributed by atoms with van der Waals surface area (Å²) in [7, 11) is 0. The van der Waals surface area contributed by atoms with Gasteiger partial charge in [0.25, 0.3) is 0 Å². The Morgan fingerprint density at radius 3 is 2.56 bits per heavy atom. The molecule has 0 aliphatic heterocycles. The Kier molecular flexibility index (Phi) is 3.83. The zero-order valence-electron chi connectivity index (χ0n) is 14.0. The fraction of sp³-hybridized carbons (Fsp3) is 0.176. The van der Waals surface area contributed by atoms with Gasteiger partial charge in [-0.15, -0.1) is 0 Å². The van der Waals surface area contributed by atoms with Gasteiger partial charge in [-0.05, 0) is 30.7 Å². The van der Waals surface area contributed by atoms with Gasteiger partial charge in [0.15, 0.2) is 11.3 Å². The molecule has 10 heteroatoms. The van der Waals surface area contributed by atoms with Gasteiger partial charge in [0.05, 0.1) is 11.9 Å². The van der Waals surface area contributed by atoms with Crippen molar-refractivity contribution in [2.45, 2.75) is 19.5 Å². The number of H-pyrrole nitrogens is 2. The van der Waals surface area contributed by atoms with Gasteiger partial charge in [0.2, 0.25) is 0 Å². The molecule has 7 nitrogen and oxygen atoms in total. The number of benzene rings is 1. The third kappa shape index (κ3) is 3.33. The van der Waals surface area contributed by atoms with Gasteiger partial charge >= 0.3 is 11.9 Å². The molecule has 4 rings (SSSR count). The van der Waals surface area contributed by atoms with Gasteiger partial charge < -0.3 is 4.98 Å². The summed E-state index contributed by atoms with van der Waals surface area (Å²) >= 11 is 0. The molecule has 27 heavy (non-hydrogen) atoms. The quantitative estimate of drug-likeness (QED) is 0.577. The zero-order chi connectivity index (χ0) is 19.2. The van der Waals surface area contributed by atoms with Crippen LogP contribution in [0.2, 0.25) is 0 Å². The average molecular weight is 374 g/mol. The maximum absolute atomic E-state index is 12.8. The lowest BCUT2D eigenvalue weighted by Crippen LogP contribution is -2.07. The molecule has 138 valence electrons. The molecule has 0 unspecified atom stereocenters. The van der Waals surface area contributed by atoms with Crippen molar-refractivity contribution in [3.05, 3.63) is 69.8 Å². The molecule has 0 bridgehead atoms. The molecule has 0 atom stereocenters. The van der Waals surface area contributed by atoms with E-state index in [-0.39, 0.29) is 5.69 Å². The monoisotopic (exact) mass is 374 g/mol. The summed E-state index contributed by atoms with van der Waals surface area (Å²) < 4.78 is 39.7. The summed E-state index contributed by atoms with van der Waals surface area (Å²) in [5.74, 6) is 0.514.